The molecule has 4 nitrogen and oxygen atoms in total. The molecule has 1 aliphatic rings. The highest BCUT2D eigenvalue weighted by atomic mass is 35.5. The molecule has 0 aromatic carbocycles. The fourth-order valence-electron chi connectivity index (χ4n) is 2.13. The molecule has 1 atom stereocenters. The topological polar surface area (TPSA) is 54.0 Å². The summed E-state index contributed by atoms with van der Waals surface area (Å²) in [6.45, 7) is 3.66. The molecule has 0 saturated carbocycles. The van der Waals surface area contributed by atoms with Gasteiger partial charge in [-0.15, -0.1) is 0 Å². The second kappa shape index (κ2) is 5.02. The summed E-state index contributed by atoms with van der Waals surface area (Å²) in [6.07, 6.45) is 3.29. The van der Waals surface area contributed by atoms with Crippen molar-refractivity contribution in [1.82, 2.24) is 10.3 Å². The van der Waals surface area contributed by atoms with Crippen LogP contribution in [-0.4, -0.2) is 24.0 Å². The number of carbonyl (C=O) groups is 1. The summed E-state index contributed by atoms with van der Waals surface area (Å²) >= 11 is 5.92. The number of nitrogens with one attached hydrogen (secondary N) is 2. The number of amides is 1. The number of nitrogens with zero attached hydrogens (tertiary/aromatic N) is 1. The molecule has 1 aromatic heterocycles. The van der Waals surface area contributed by atoms with E-state index in [9.17, 15) is 4.79 Å². The van der Waals surface area contributed by atoms with Crippen molar-refractivity contribution in [3.05, 3.63) is 23.5 Å². The minimum absolute atomic E-state index is 0.0277. The predicted molar refractivity (Wildman–Crippen MR) is 68.1 cm³/mol. The minimum atomic E-state index is -0.306. The Labute approximate surface area is 106 Å². The van der Waals surface area contributed by atoms with E-state index in [4.69, 9.17) is 11.6 Å². The average Bonchev–Trinajstić information content (AvgIpc) is 2.82. The van der Waals surface area contributed by atoms with Gasteiger partial charge in [-0.3, -0.25) is 4.79 Å². The van der Waals surface area contributed by atoms with Crippen LogP contribution in [-0.2, 0) is 4.79 Å². The molecule has 2 heterocycles. The van der Waals surface area contributed by atoms with E-state index < -0.39 is 0 Å². The molecule has 17 heavy (non-hydrogen) atoms. The highest BCUT2D eigenvalue weighted by Gasteiger charge is 2.39. The number of hydrogen-bond donors (Lipinski definition) is 2. The molecule has 1 amide bonds. The standard InChI is InChI=1S/C12H16ClN3O/c1-2-12(5-7-14-8-12)11(17)16-9-4-3-6-15-10(9)13/h3-4,6,14H,2,5,7-8H2,1H3,(H,16,17). The molecule has 1 fully saturated rings. The fourth-order valence-corrected chi connectivity index (χ4v) is 2.30. The van der Waals surface area contributed by atoms with Crippen LogP contribution in [0.1, 0.15) is 19.8 Å². The first-order valence-electron chi connectivity index (χ1n) is 5.81. The normalized spacial score (nSPS) is 23.6. The van der Waals surface area contributed by atoms with Crippen LogP contribution < -0.4 is 10.6 Å². The number of halogens is 1. The fraction of sp³-hybridized carbons (Fsp3) is 0.500. The van der Waals surface area contributed by atoms with Gasteiger partial charge in [0.1, 0.15) is 0 Å². The van der Waals surface area contributed by atoms with Crippen molar-refractivity contribution >= 4 is 23.2 Å². The van der Waals surface area contributed by atoms with E-state index in [2.05, 4.69) is 15.6 Å². The Morgan fingerprint density at radius 3 is 3.12 bits per heavy atom. The van der Waals surface area contributed by atoms with Crippen molar-refractivity contribution < 1.29 is 4.79 Å². The summed E-state index contributed by atoms with van der Waals surface area (Å²) in [5.74, 6) is 0.0277. The van der Waals surface area contributed by atoms with Crippen LogP contribution >= 0.6 is 11.6 Å². The monoisotopic (exact) mass is 253 g/mol. The van der Waals surface area contributed by atoms with Gasteiger partial charge >= 0.3 is 0 Å². The molecule has 5 heteroatoms. The van der Waals surface area contributed by atoms with E-state index in [0.717, 1.165) is 25.9 Å². The van der Waals surface area contributed by atoms with E-state index in [1.807, 2.05) is 6.92 Å². The van der Waals surface area contributed by atoms with E-state index >= 15 is 0 Å². The van der Waals surface area contributed by atoms with Crippen LogP contribution in [0.25, 0.3) is 0 Å². The first-order valence-corrected chi connectivity index (χ1v) is 6.18. The van der Waals surface area contributed by atoms with Crippen molar-refractivity contribution in [3.8, 4) is 0 Å². The molecule has 1 aliphatic heterocycles. The van der Waals surface area contributed by atoms with Crippen molar-refractivity contribution in [2.45, 2.75) is 19.8 Å². The lowest BCUT2D eigenvalue weighted by Gasteiger charge is -2.25. The average molecular weight is 254 g/mol. The highest BCUT2D eigenvalue weighted by Crippen LogP contribution is 2.31. The molecule has 0 bridgehead atoms. The zero-order chi connectivity index (χ0) is 12.3. The summed E-state index contributed by atoms with van der Waals surface area (Å²) in [6, 6.07) is 3.52. The number of pyridine rings is 1. The molecular formula is C12H16ClN3O. The van der Waals surface area contributed by atoms with Crippen LogP contribution in [0.15, 0.2) is 18.3 Å². The van der Waals surface area contributed by atoms with Gasteiger partial charge < -0.3 is 10.6 Å². The van der Waals surface area contributed by atoms with Crippen molar-refractivity contribution in [1.29, 1.82) is 0 Å². The first-order chi connectivity index (χ1) is 8.18. The van der Waals surface area contributed by atoms with Gasteiger partial charge in [0, 0.05) is 12.7 Å². The molecule has 1 unspecified atom stereocenters. The zero-order valence-electron chi connectivity index (χ0n) is 9.79. The van der Waals surface area contributed by atoms with Gasteiger partial charge in [0.2, 0.25) is 5.91 Å². The summed E-state index contributed by atoms with van der Waals surface area (Å²) < 4.78 is 0. The third kappa shape index (κ3) is 2.42. The highest BCUT2D eigenvalue weighted by molar-refractivity contribution is 6.32. The Morgan fingerprint density at radius 2 is 2.53 bits per heavy atom. The van der Waals surface area contributed by atoms with Crippen LogP contribution in [0.3, 0.4) is 0 Å². The van der Waals surface area contributed by atoms with Crippen LogP contribution in [0.4, 0.5) is 5.69 Å². The van der Waals surface area contributed by atoms with E-state index in [0.29, 0.717) is 10.8 Å². The first kappa shape index (κ1) is 12.3. The molecule has 1 aromatic rings. The Kier molecular flexibility index (Phi) is 3.64. The van der Waals surface area contributed by atoms with Crippen LogP contribution in [0.5, 0.6) is 0 Å². The molecule has 92 valence electrons. The predicted octanol–water partition coefficient (Wildman–Crippen LogP) is 2.06. The maximum atomic E-state index is 12.3. The van der Waals surface area contributed by atoms with Crippen LogP contribution in [0, 0.1) is 5.41 Å². The summed E-state index contributed by atoms with van der Waals surface area (Å²) in [5.41, 5.74) is 0.276. The number of aromatic nitrogens is 1. The largest absolute Gasteiger partial charge is 0.323 e. The van der Waals surface area contributed by atoms with Gasteiger partial charge in [-0.25, -0.2) is 4.98 Å². The Hall–Kier alpha value is -1.13. The van der Waals surface area contributed by atoms with E-state index in [1.165, 1.54) is 0 Å². The maximum Gasteiger partial charge on any atom is 0.231 e. The second-order valence-corrected chi connectivity index (χ2v) is 4.71. The molecule has 0 aliphatic carbocycles. The quantitative estimate of drug-likeness (QED) is 0.811. The lowest BCUT2D eigenvalue weighted by atomic mass is 9.83. The summed E-state index contributed by atoms with van der Waals surface area (Å²) in [4.78, 5) is 16.2. The van der Waals surface area contributed by atoms with Crippen molar-refractivity contribution in [2.24, 2.45) is 5.41 Å². The van der Waals surface area contributed by atoms with Gasteiger partial charge in [0.05, 0.1) is 11.1 Å². The second-order valence-electron chi connectivity index (χ2n) is 4.36. The van der Waals surface area contributed by atoms with Gasteiger partial charge in [-0.1, -0.05) is 18.5 Å². The molecule has 1 saturated heterocycles. The van der Waals surface area contributed by atoms with Crippen LogP contribution in [0.2, 0.25) is 5.15 Å². The Balaban J connectivity index is 2.14. The summed E-state index contributed by atoms with van der Waals surface area (Å²) in [7, 11) is 0. The summed E-state index contributed by atoms with van der Waals surface area (Å²) in [5, 5.41) is 6.44. The van der Waals surface area contributed by atoms with Crippen molar-refractivity contribution in [2.75, 3.05) is 18.4 Å². The molecule has 2 N–H and O–H groups in total. The molecule has 0 spiro atoms. The maximum absolute atomic E-state index is 12.3. The SMILES string of the molecule is CCC1(C(=O)Nc2cccnc2Cl)CCNC1. The lowest BCUT2D eigenvalue weighted by Crippen LogP contribution is -2.37. The third-order valence-electron chi connectivity index (χ3n) is 3.41. The Morgan fingerprint density at radius 1 is 1.71 bits per heavy atom. The molecule has 2 rings (SSSR count). The van der Waals surface area contributed by atoms with Crippen molar-refractivity contribution in [3.63, 3.8) is 0 Å². The number of rotatable bonds is 3. The Bertz CT molecular complexity index is 416. The number of hydrogen-bond acceptors (Lipinski definition) is 3. The number of carbonyl (C=O) groups excluding carboxylic acids is 1. The minimum Gasteiger partial charge on any atom is -0.323 e. The molecule has 0 radical (unpaired) electrons. The number of anilines is 1. The van der Waals surface area contributed by atoms with Gasteiger partial charge in [0.25, 0.3) is 0 Å². The van der Waals surface area contributed by atoms with Gasteiger partial charge in [0.15, 0.2) is 5.15 Å². The smallest absolute Gasteiger partial charge is 0.231 e. The van der Waals surface area contributed by atoms with Gasteiger partial charge in [-0.2, -0.15) is 0 Å². The molecular weight excluding hydrogens is 238 g/mol. The zero-order valence-corrected chi connectivity index (χ0v) is 10.5. The third-order valence-corrected chi connectivity index (χ3v) is 3.71. The van der Waals surface area contributed by atoms with E-state index in [1.54, 1.807) is 18.3 Å². The van der Waals surface area contributed by atoms with E-state index in [-0.39, 0.29) is 11.3 Å². The lowest BCUT2D eigenvalue weighted by molar-refractivity contribution is -0.124. The van der Waals surface area contributed by atoms with Gasteiger partial charge in [-0.05, 0) is 31.5 Å².